The number of nitrogens with one attached hydrogen (secondary N) is 1. The number of benzene rings is 1. The Labute approximate surface area is 101 Å². The van der Waals surface area contributed by atoms with Crippen molar-refractivity contribution >= 4 is 0 Å². The zero-order valence-corrected chi connectivity index (χ0v) is 9.38. The number of aromatic amines is 1. The standard InChI is InChI=1S/C11H8N4O3/c1-18-8-4-2-3-7(5-8)15-11(17)13-10(16)9(6-12)14-15/h2-5H,1H3,(H,13,16,17). The molecule has 0 saturated heterocycles. The predicted octanol–water partition coefficient (Wildman–Crippen LogP) is -0.199. The van der Waals surface area contributed by atoms with Crippen LogP contribution in [0.4, 0.5) is 0 Å². The lowest BCUT2D eigenvalue weighted by atomic mass is 10.3. The van der Waals surface area contributed by atoms with Gasteiger partial charge in [0.15, 0.2) is 0 Å². The summed E-state index contributed by atoms with van der Waals surface area (Å²) in [7, 11) is 1.49. The van der Waals surface area contributed by atoms with Gasteiger partial charge in [-0.3, -0.25) is 9.78 Å². The first-order valence-electron chi connectivity index (χ1n) is 4.94. The van der Waals surface area contributed by atoms with E-state index in [1.165, 1.54) is 7.11 Å². The Bertz CT molecular complexity index is 739. The highest BCUT2D eigenvalue weighted by Gasteiger charge is 2.08. The molecule has 1 aromatic heterocycles. The second kappa shape index (κ2) is 4.55. The van der Waals surface area contributed by atoms with Gasteiger partial charge in [0.25, 0.3) is 5.56 Å². The average Bonchev–Trinajstić information content (AvgIpc) is 2.39. The van der Waals surface area contributed by atoms with Gasteiger partial charge >= 0.3 is 5.69 Å². The average molecular weight is 244 g/mol. The molecule has 0 fully saturated rings. The third-order valence-electron chi connectivity index (χ3n) is 2.23. The van der Waals surface area contributed by atoms with Crippen molar-refractivity contribution in [3.05, 3.63) is 50.8 Å². The van der Waals surface area contributed by atoms with Crippen LogP contribution in [-0.2, 0) is 0 Å². The minimum atomic E-state index is -0.804. The number of H-pyrrole nitrogens is 1. The number of hydrogen-bond donors (Lipinski definition) is 1. The number of nitriles is 1. The number of hydrogen-bond acceptors (Lipinski definition) is 5. The molecule has 7 nitrogen and oxygen atoms in total. The van der Waals surface area contributed by atoms with Crippen LogP contribution in [-0.4, -0.2) is 21.9 Å². The van der Waals surface area contributed by atoms with Crippen molar-refractivity contribution in [3.63, 3.8) is 0 Å². The van der Waals surface area contributed by atoms with Gasteiger partial charge in [-0.2, -0.15) is 9.94 Å². The summed E-state index contributed by atoms with van der Waals surface area (Å²) in [5.41, 5.74) is -1.50. The number of ether oxygens (including phenoxy) is 1. The molecule has 0 atom stereocenters. The summed E-state index contributed by atoms with van der Waals surface area (Å²) >= 11 is 0. The Morgan fingerprint density at radius 3 is 2.89 bits per heavy atom. The first kappa shape index (κ1) is 11.6. The van der Waals surface area contributed by atoms with E-state index in [1.54, 1.807) is 30.3 Å². The van der Waals surface area contributed by atoms with Crippen molar-refractivity contribution in [2.75, 3.05) is 7.11 Å². The van der Waals surface area contributed by atoms with Gasteiger partial charge in [-0.15, -0.1) is 5.10 Å². The monoisotopic (exact) mass is 244 g/mol. The van der Waals surface area contributed by atoms with Crippen LogP contribution in [0.5, 0.6) is 5.75 Å². The van der Waals surface area contributed by atoms with E-state index in [0.717, 1.165) is 4.68 Å². The van der Waals surface area contributed by atoms with E-state index in [4.69, 9.17) is 10.00 Å². The molecule has 0 aliphatic carbocycles. The lowest BCUT2D eigenvalue weighted by Crippen LogP contribution is -2.33. The fraction of sp³-hybridized carbons (Fsp3) is 0.0909. The third-order valence-corrected chi connectivity index (χ3v) is 2.23. The molecule has 0 bridgehead atoms. The van der Waals surface area contributed by atoms with Gasteiger partial charge in [0.2, 0.25) is 5.69 Å². The van der Waals surface area contributed by atoms with E-state index in [-0.39, 0.29) is 5.69 Å². The molecule has 1 heterocycles. The summed E-state index contributed by atoms with van der Waals surface area (Å²) in [6, 6.07) is 8.15. The van der Waals surface area contributed by atoms with E-state index >= 15 is 0 Å². The zero-order valence-electron chi connectivity index (χ0n) is 9.38. The topological polar surface area (TPSA) is 101 Å². The molecule has 0 spiro atoms. The molecule has 0 aliphatic heterocycles. The Morgan fingerprint density at radius 1 is 1.44 bits per heavy atom. The Balaban J connectivity index is 2.68. The van der Waals surface area contributed by atoms with Gasteiger partial charge in [0, 0.05) is 6.07 Å². The summed E-state index contributed by atoms with van der Waals surface area (Å²) < 4.78 is 5.95. The summed E-state index contributed by atoms with van der Waals surface area (Å²) in [6.07, 6.45) is 0. The Morgan fingerprint density at radius 2 is 2.22 bits per heavy atom. The smallest absolute Gasteiger partial charge is 0.349 e. The molecule has 1 N–H and O–H groups in total. The highest BCUT2D eigenvalue weighted by molar-refractivity contribution is 5.38. The van der Waals surface area contributed by atoms with Crippen LogP contribution in [0.1, 0.15) is 5.69 Å². The fourth-order valence-corrected chi connectivity index (χ4v) is 1.39. The lowest BCUT2D eigenvalue weighted by Gasteiger charge is -2.05. The molecule has 0 amide bonds. The normalized spacial score (nSPS) is 9.78. The predicted molar refractivity (Wildman–Crippen MR) is 61.7 cm³/mol. The molecule has 0 aliphatic rings. The van der Waals surface area contributed by atoms with E-state index in [1.807, 2.05) is 4.98 Å². The number of methoxy groups -OCH3 is 1. The molecule has 18 heavy (non-hydrogen) atoms. The van der Waals surface area contributed by atoms with Crippen LogP contribution in [0.2, 0.25) is 0 Å². The summed E-state index contributed by atoms with van der Waals surface area (Å²) in [4.78, 5) is 24.8. The van der Waals surface area contributed by atoms with Crippen molar-refractivity contribution < 1.29 is 4.74 Å². The highest BCUT2D eigenvalue weighted by atomic mass is 16.5. The van der Waals surface area contributed by atoms with Crippen molar-refractivity contribution in [2.24, 2.45) is 0 Å². The lowest BCUT2D eigenvalue weighted by molar-refractivity contribution is 0.414. The molecular formula is C11H8N4O3. The molecule has 2 rings (SSSR count). The van der Waals surface area contributed by atoms with Crippen LogP contribution in [0.3, 0.4) is 0 Å². The minimum Gasteiger partial charge on any atom is -0.497 e. The Hall–Kier alpha value is -2.88. The SMILES string of the molecule is COc1cccc(-n2nc(C#N)c(=O)[nH]c2=O)c1. The van der Waals surface area contributed by atoms with E-state index < -0.39 is 11.2 Å². The largest absolute Gasteiger partial charge is 0.497 e. The maximum Gasteiger partial charge on any atom is 0.349 e. The molecule has 0 unspecified atom stereocenters. The fourth-order valence-electron chi connectivity index (χ4n) is 1.39. The zero-order chi connectivity index (χ0) is 13.1. The van der Waals surface area contributed by atoms with Crippen molar-refractivity contribution in [2.45, 2.75) is 0 Å². The van der Waals surface area contributed by atoms with Gasteiger partial charge in [-0.25, -0.2) is 4.79 Å². The minimum absolute atomic E-state index is 0.377. The molecule has 0 saturated carbocycles. The van der Waals surface area contributed by atoms with Crippen LogP contribution in [0.15, 0.2) is 33.9 Å². The van der Waals surface area contributed by atoms with E-state index in [2.05, 4.69) is 5.10 Å². The quantitative estimate of drug-likeness (QED) is 0.788. The van der Waals surface area contributed by atoms with E-state index in [9.17, 15) is 9.59 Å². The van der Waals surface area contributed by atoms with Crippen LogP contribution in [0.25, 0.3) is 5.69 Å². The second-order valence-electron chi connectivity index (χ2n) is 3.33. The molecule has 90 valence electrons. The van der Waals surface area contributed by atoms with E-state index in [0.29, 0.717) is 11.4 Å². The van der Waals surface area contributed by atoms with Crippen molar-refractivity contribution in [1.29, 1.82) is 5.26 Å². The number of nitrogens with zero attached hydrogens (tertiary/aromatic N) is 3. The van der Waals surface area contributed by atoms with Crippen molar-refractivity contribution in [1.82, 2.24) is 14.8 Å². The van der Waals surface area contributed by atoms with Gasteiger partial charge in [-0.05, 0) is 12.1 Å². The molecule has 7 heteroatoms. The second-order valence-corrected chi connectivity index (χ2v) is 3.33. The van der Waals surface area contributed by atoms with Crippen LogP contribution >= 0.6 is 0 Å². The first-order valence-corrected chi connectivity index (χ1v) is 4.94. The molecule has 2 aromatic rings. The van der Waals surface area contributed by atoms with Gasteiger partial charge in [-0.1, -0.05) is 6.07 Å². The number of aromatic nitrogens is 3. The summed E-state index contributed by atoms with van der Waals surface area (Å²) in [5, 5.41) is 12.4. The van der Waals surface area contributed by atoms with Gasteiger partial charge in [0.05, 0.1) is 12.8 Å². The van der Waals surface area contributed by atoms with Gasteiger partial charge in [0.1, 0.15) is 11.8 Å². The van der Waals surface area contributed by atoms with Crippen LogP contribution in [0, 0.1) is 11.3 Å². The van der Waals surface area contributed by atoms with Crippen LogP contribution < -0.4 is 16.0 Å². The highest BCUT2D eigenvalue weighted by Crippen LogP contribution is 2.13. The van der Waals surface area contributed by atoms with Gasteiger partial charge < -0.3 is 4.74 Å². The first-order chi connectivity index (χ1) is 8.65. The van der Waals surface area contributed by atoms with Crippen molar-refractivity contribution in [3.8, 4) is 17.5 Å². The number of rotatable bonds is 2. The molecular weight excluding hydrogens is 236 g/mol. The summed E-state index contributed by atoms with van der Waals surface area (Å²) in [6.45, 7) is 0. The molecule has 1 aromatic carbocycles. The maximum atomic E-state index is 11.6. The third kappa shape index (κ3) is 1.99. The maximum absolute atomic E-state index is 11.6. The molecule has 0 radical (unpaired) electrons. The summed E-state index contributed by atoms with van der Waals surface area (Å²) in [5.74, 6) is 0.533. The Kier molecular flexibility index (Phi) is 2.93.